The number of anilines is 1. The molecule has 94 valence electrons. The van der Waals surface area contributed by atoms with Crippen molar-refractivity contribution in [1.29, 1.82) is 0 Å². The number of aromatic nitrogens is 2. The third kappa shape index (κ3) is 2.92. The summed E-state index contributed by atoms with van der Waals surface area (Å²) >= 11 is 0. The van der Waals surface area contributed by atoms with Gasteiger partial charge in [-0.1, -0.05) is 0 Å². The van der Waals surface area contributed by atoms with Gasteiger partial charge in [0.2, 0.25) is 0 Å². The second-order valence-corrected chi connectivity index (χ2v) is 4.24. The smallest absolute Gasteiger partial charge is 0.136 e. The number of nitrogens with zero attached hydrogens (tertiary/aromatic N) is 3. The minimum atomic E-state index is 0.314. The molecule has 2 N–H and O–H groups in total. The van der Waals surface area contributed by atoms with Gasteiger partial charge in [-0.05, 0) is 19.8 Å². The maximum atomic E-state index is 5.71. The van der Waals surface area contributed by atoms with Crippen LogP contribution in [0.25, 0.3) is 0 Å². The predicted octanol–water partition coefficient (Wildman–Crippen LogP) is 0.941. The fourth-order valence-electron chi connectivity index (χ4n) is 2.28. The highest BCUT2D eigenvalue weighted by atomic mass is 16.5. The van der Waals surface area contributed by atoms with Gasteiger partial charge in [0, 0.05) is 38.0 Å². The van der Waals surface area contributed by atoms with E-state index in [4.69, 9.17) is 10.5 Å². The van der Waals surface area contributed by atoms with E-state index < -0.39 is 0 Å². The Balaban J connectivity index is 2.10. The van der Waals surface area contributed by atoms with Crippen molar-refractivity contribution < 1.29 is 4.74 Å². The molecule has 0 aliphatic carbocycles. The van der Waals surface area contributed by atoms with Gasteiger partial charge in [-0.25, -0.2) is 9.97 Å². The Morgan fingerprint density at radius 1 is 1.59 bits per heavy atom. The molecule has 17 heavy (non-hydrogen) atoms. The minimum Gasteiger partial charge on any atom is -0.377 e. The van der Waals surface area contributed by atoms with Crippen molar-refractivity contribution in [3.63, 3.8) is 0 Å². The van der Waals surface area contributed by atoms with E-state index in [9.17, 15) is 0 Å². The van der Waals surface area contributed by atoms with Crippen LogP contribution >= 0.6 is 0 Å². The second-order valence-electron chi connectivity index (χ2n) is 4.24. The third-order valence-corrected chi connectivity index (χ3v) is 3.06. The van der Waals surface area contributed by atoms with Gasteiger partial charge >= 0.3 is 0 Å². The van der Waals surface area contributed by atoms with Crippen molar-refractivity contribution in [3.05, 3.63) is 18.1 Å². The number of rotatable bonds is 4. The van der Waals surface area contributed by atoms with Gasteiger partial charge in [0.1, 0.15) is 12.1 Å². The van der Waals surface area contributed by atoms with Crippen LogP contribution in [0.4, 0.5) is 5.82 Å². The van der Waals surface area contributed by atoms with E-state index in [1.54, 1.807) is 12.5 Å². The molecule has 1 aromatic heterocycles. The Bertz CT molecular complexity index is 356. The molecule has 5 heteroatoms. The zero-order chi connectivity index (χ0) is 12.1. The maximum Gasteiger partial charge on any atom is 0.136 e. The van der Waals surface area contributed by atoms with Crippen LogP contribution < -0.4 is 10.6 Å². The Morgan fingerprint density at radius 2 is 2.47 bits per heavy atom. The Morgan fingerprint density at radius 3 is 3.24 bits per heavy atom. The van der Waals surface area contributed by atoms with Gasteiger partial charge < -0.3 is 15.4 Å². The zero-order valence-electron chi connectivity index (χ0n) is 10.3. The number of hydrogen-bond acceptors (Lipinski definition) is 5. The molecule has 0 spiro atoms. The summed E-state index contributed by atoms with van der Waals surface area (Å²) in [6, 6.07) is 0. The summed E-state index contributed by atoms with van der Waals surface area (Å²) in [6.45, 7) is 5.21. The van der Waals surface area contributed by atoms with Gasteiger partial charge in [0.05, 0.1) is 6.10 Å². The highest BCUT2D eigenvalue weighted by Crippen LogP contribution is 2.21. The number of hydrogen-bond donors (Lipinski definition) is 1. The Labute approximate surface area is 102 Å². The molecule has 1 atom stereocenters. The fourth-order valence-corrected chi connectivity index (χ4v) is 2.28. The summed E-state index contributed by atoms with van der Waals surface area (Å²) < 4.78 is 5.69. The van der Waals surface area contributed by atoms with E-state index in [2.05, 4.69) is 14.9 Å². The van der Waals surface area contributed by atoms with Gasteiger partial charge in [0.15, 0.2) is 0 Å². The van der Waals surface area contributed by atoms with E-state index in [0.29, 0.717) is 12.6 Å². The molecule has 2 rings (SSSR count). The van der Waals surface area contributed by atoms with Crippen molar-refractivity contribution >= 4 is 5.82 Å². The van der Waals surface area contributed by atoms with Crippen molar-refractivity contribution in [2.24, 2.45) is 5.73 Å². The summed E-state index contributed by atoms with van der Waals surface area (Å²) in [5.41, 5.74) is 6.72. The molecule has 5 nitrogen and oxygen atoms in total. The average molecular weight is 236 g/mol. The lowest BCUT2D eigenvalue weighted by Crippen LogP contribution is -2.40. The van der Waals surface area contributed by atoms with Crippen molar-refractivity contribution in [2.45, 2.75) is 32.4 Å². The first-order valence-corrected chi connectivity index (χ1v) is 6.20. The number of nitrogens with two attached hydrogens (primary N) is 1. The summed E-state index contributed by atoms with van der Waals surface area (Å²) in [7, 11) is 0. The van der Waals surface area contributed by atoms with Crippen LogP contribution in [-0.2, 0) is 11.3 Å². The van der Waals surface area contributed by atoms with Crippen LogP contribution in [0.1, 0.15) is 25.3 Å². The fraction of sp³-hybridized carbons (Fsp3) is 0.667. The standard InChI is InChI=1S/C12H20N4O/c1-2-17-11-4-3-5-16(8-11)12-10(6-13)7-14-9-15-12/h7,9,11H,2-6,8,13H2,1H3. The lowest BCUT2D eigenvalue weighted by atomic mass is 10.1. The SMILES string of the molecule is CCOC1CCCN(c2ncncc2CN)C1. The Hall–Kier alpha value is -1.20. The molecule has 1 saturated heterocycles. The molecular formula is C12H20N4O. The van der Waals surface area contributed by atoms with Crippen molar-refractivity contribution in [1.82, 2.24) is 9.97 Å². The summed E-state index contributed by atoms with van der Waals surface area (Å²) in [5.74, 6) is 0.965. The maximum absolute atomic E-state index is 5.71. The van der Waals surface area contributed by atoms with Crippen LogP contribution in [0.3, 0.4) is 0 Å². The van der Waals surface area contributed by atoms with Crippen LogP contribution in [0, 0.1) is 0 Å². The van der Waals surface area contributed by atoms with Crippen LogP contribution in [0.15, 0.2) is 12.5 Å². The first-order valence-electron chi connectivity index (χ1n) is 6.20. The van der Waals surface area contributed by atoms with Gasteiger partial charge in [-0.15, -0.1) is 0 Å². The van der Waals surface area contributed by atoms with E-state index in [-0.39, 0.29) is 0 Å². The monoisotopic (exact) mass is 236 g/mol. The van der Waals surface area contributed by atoms with Gasteiger partial charge in [-0.3, -0.25) is 0 Å². The summed E-state index contributed by atoms with van der Waals surface area (Å²) in [6.07, 6.45) is 5.96. The molecule has 0 amide bonds. The summed E-state index contributed by atoms with van der Waals surface area (Å²) in [5, 5.41) is 0. The Kier molecular flexibility index (Phi) is 4.28. The molecule has 0 bridgehead atoms. The molecule has 0 aromatic carbocycles. The molecule has 1 aliphatic heterocycles. The van der Waals surface area contributed by atoms with Crippen LogP contribution in [0.5, 0.6) is 0 Å². The quantitative estimate of drug-likeness (QED) is 0.843. The van der Waals surface area contributed by atoms with Gasteiger partial charge in [-0.2, -0.15) is 0 Å². The lowest BCUT2D eigenvalue weighted by Gasteiger charge is -2.34. The average Bonchev–Trinajstić information content (AvgIpc) is 2.39. The second kappa shape index (κ2) is 5.93. The molecular weight excluding hydrogens is 216 g/mol. The highest BCUT2D eigenvalue weighted by Gasteiger charge is 2.22. The van der Waals surface area contributed by atoms with E-state index in [0.717, 1.165) is 43.9 Å². The number of ether oxygens (including phenoxy) is 1. The topological polar surface area (TPSA) is 64.3 Å². The normalized spacial score (nSPS) is 20.6. The molecule has 1 unspecified atom stereocenters. The molecule has 0 saturated carbocycles. The first-order chi connectivity index (χ1) is 8.35. The highest BCUT2D eigenvalue weighted by molar-refractivity contribution is 5.45. The van der Waals surface area contributed by atoms with E-state index >= 15 is 0 Å². The van der Waals surface area contributed by atoms with Gasteiger partial charge in [0.25, 0.3) is 0 Å². The molecule has 1 fully saturated rings. The largest absolute Gasteiger partial charge is 0.377 e. The zero-order valence-corrected chi connectivity index (χ0v) is 10.3. The van der Waals surface area contributed by atoms with Crippen LogP contribution in [0.2, 0.25) is 0 Å². The van der Waals surface area contributed by atoms with Crippen LogP contribution in [-0.4, -0.2) is 35.8 Å². The molecule has 2 heterocycles. The summed E-state index contributed by atoms with van der Waals surface area (Å²) in [4.78, 5) is 10.6. The van der Waals surface area contributed by atoms with Crippen molar-refractivity contribution in [2.75, 3.05) is 24.6 Å². The molecule has 1 aliphatic rings. The minimum absolute atomic E-state index is 0.314. The first kappa shape index (κ1) is 12.3. The molecule has 1 aromatic rings. The lowest BCUT2D eigenvalue weighted by molar-refractivity contribution is 0.0525. The van der Waals surface area contributed by atoms with E-state index in [1.807, 2.05) is 6.92 Å². The third-order valence-electron chi connectivity index (χ3n) is 3.06. The number of piperidine rings is 1. The van der Waals surface area contributed by atoms with E-state index in [1.165, 1.54) is 0 Å². The predicted molar refractivity (Wildman–Crippen MR) is 66.8 cm³/mol. The van der Waals surface area contributed by atoms with Crippen molar-refractivity contribution in [3.8, 4) is 0 Å². The molecule has 0 radical (unpaired) electrons.